The summed E-state index contributed by atoms with van der Waals surface area (Å²) in [6.07, 6.45) is -4.55. The number of halogens is 5. The summed E-state index contributed by atoms with van der Waals surface area (Å²) < 4.78 is 77.4. The van der Waals surface area contributed by atoms with Crippen molar-refractivity contribution in [3.8, 4) is 0 Å². The average Bonchev–Trinajstić information content (AvgIpc) is 3.54. The van der Waals surface area contributed by atoms with Crippen LogP contribution in [0.15, 0.2) is 0 Å². The normalized spacial score (nSPS) is 26.9. The second kappa shape index (κ2) is 13.0. The quantitative estimate of drug-likeness (QED) is 0.118. The van der Waals surface area contributed by atoms with Crippen LogP contribution in [0.4, 0.5) is 22.0 Å². The molecule has 3 rings (SSSR count). The predicted octanol–water partition coefficient (Wildman–Crippen LogP) is 1.21. The Bertz CT molecular complexity index is 859. The van der Waals surface area contributed by atoms with Gasteiger partial charge in [-0.2, -0.15) is 30.6 Å². The van der Waals surface area contributed by atoms with Crippen LogP contribution in [0.5, 0.6) is 0 Å². The summed E-state index contributed by atoms with van der Waals surface area (Å²) in [4.78, 5) is 45.6. The van der Waals surface area contributed by atoms with Crippen LogP contribution in [-0.4, -0.2) is 51.9 Å². The summed E-state index contributed by atoms with van der Waals surface area (Å²) in [5, 5.41) is 20.5. The number of rotatable bonds is 10. The van der Waals surface area contributed by atoms with Gasteiger partial charge in [-0.1, -0.05) is 0 Å². The highest BCUT2D eigenvalue weighted by atomic mass is 32.2. The van der Waals surface area contributed by atoms with Crippen molar-refractivity contribution in [2.45, 2.75) is 73.8 Å². The lowest BCUT2D eigenvalue weighted by Crippen LogP contribution is -2.49. The molecule has 0 saturated heterocycles. The Morgan fingerprint density at radius 2 is 1.54 bits per heavy atom. The van der Waals surface area contributed by atoms with Gasteiger partial charge in [0.15, 0.2) is 23.8 Å². The minimum Gasteiger partial charge on any atom is -0.691 e. The van der Waals surface area contributed by atoms with Crippen LogP contribution in [-0.2, 0) is 47.4 Å². The molecule has 212 valence electrons. The van der Waals surface area contributed by atoms with Crippen molar-refractivity contribution < 1.29 is 79.9 Å². The number of esters is 2. The first kappa shape index (κ1) is 31.6. The van der Waals surface area contributed by atoms with Crippen LogP contribution >= 0.6 is 24.1 Å². The van der Waals surface area contributed by atoms with Gasteiger partial charge in [-0.05, 0) is 39.0 Å². The summed E-state index contributed by atoms with van der Waals surface area (Å²) in [7, 11) is 0. The Morgan fingerprint density at radius 3 is 2.03 bits per heavy atom. The highest BCUT2D eigenvalue weighted by Gasteiger charge is 2.61. The molecule has 0 heterocycles. The molecule has 3 aliphatic carbocycles. The van der Waals surface area contributed by atoms with Gasteiger partial charge in [-0.25, -0.2) is 4.79 Å². The van der Waals surface area contributed by atoms with Crippen molar-refractivity contribution in [1.29, 1.82) is 0 Å². The number of hydrogen-bond acceptors (Lipinski definition) is 14. The lowest BCUT2D eigenvalue weighted by molar-refractivity contribution is -0.777. The number of alkyl halides is 5. The van der Waals surface area contributed by atoms with Crippen molar-refractivity contribution in [1.82, 2.24) is 0 Å². The highest BCUT2D eigenvalue weighted by molar-refractivity contribution is 7.96. The van der Waals surface area contributed by atoms with Gasteiger partial charge in [0.1, 0.15) is 12.0 Å². The largest absolute Gasteiger partial charge is 0.691 e. The Labute approximate surface area is 213 Å². The second-order valence-corrected chi connectivity index (χ2v) is 10.2. The molecule has 37 heavy (non-hydrogen) atoms. The molecule has 0 aliphatic heterocycles. The number of carbonyl (C=O) groups excluding carboxylic acids is 4. The van der Waals surface area contributed by atoms with Crippen molar-refractivity contribution >= 4 is 47.6 Å². The third kappa shape index (κ3) is 7.71. The molecule has 3 saturated carbocycles. The standard InChI is InChI=1S/C9H11F3O6S.C9H10F2O6S/c1-8(9(10,11)12,19-18-17-15)7(14)16-6-4-2-3-5(6)13;10-9(11,18-17-16-14)8(13)15-7-5-2-1-4(3-5)6(7)12/h6,15H,2-4H2,1H3;4-5,7,14H,1-3H2/p-2. The SMILES string of the molecule is CC(SOO[O-])(C(=O)OC1CCCC1=O)C(F)(F)F.O=C1C2CCC(C2)C1OC(=O)C(F)(F)SOO[O-]. The van der Waals surface area contributed by atoms with E-state index in [-0.39, 0.29) is 30.5 Å². The number of ketones is 2. The Balaban J connectivity index is 0.000000260. The first-order valence-electron chi connectivity index (χ1n) is 10.4. The van der Waals surface area contributed by atoms with E-state index < -0.39 is 70.2 Å². The van der Waals surface area contributed by atoms with Crippen molar-refractivity contribution in [2.75, 3.05) is 0 Å². The topological polar surface area (TPSA) is 170 Å². The predicted molar refractivity (Wildman–Crippen MR) is 103 cm³/mol. The van der Waals surface area contributed by atoms with E-state index in [2.05, 4.69) is 28.2 Å². The van der Waals surface area contributed by atoms with Gasteiger partial charge in [0.2, 0.25) is 4.75 Å². The molecule has 2 bridgehead atoms. The van der Waals surface area contributed by atoms with Gasteiger partial charge in [0.05, 0.1) is 12.0 Å². The minimum atomic E-state index is -5.05. The smallest absolute Gasteiger partial charge is 0.415 e. The molecule has 3 fully saturated rings. The third-order valence-electron chi connectivity index (χ3n) is 5.88. The summed E-state index contributed by atoms with van der Waals surface area (Å²) in [6, 6.07) is 0. The van der Waals surface area contributed by atoms with E-state index in [1.165, 1.54) is 0 Å². The van der Waals surface area contributed by atoms with E-state index in [0.717, 1.165) is 6.42 Å². The van der Waals surface area contributed by atoms with Crippen LogP contribution in [0.3, 0.4) is 0 Å². The molecule has 0 radical (unpaired) electrons. The molecule has 12 nitrogen and oxygen atoms in total. The van der Waals surface area contributed by atoms with Crippen LogP contribution < -0.4 is 10.5 Å². The maximum atomic E-state index is 13.1. The molecule has 0 N–H and O–H groups in total. The van der Waals surface area contributed by atoms with E-state index in [1.54, 1.807) is 0 Å². The Kier molecular flexibility index (Phi) is 11.1. The Morgan fingerprint density at radius 1 is 0.919 bits per heavy atom. The van der Waals surface area contributed by atoms with E-state index in [4.69, 9.17) is 0 Å². The fourth-order valence-electron chi connectivity index (χ4n) is 3.87. The fraction of sp³-hybridized carbons (Fsp3) is 0.778. The zero-order valence-electron chi connectivity index (χ0n) is 18.7. The molecule has 0 aromatic carbocycles. The highest BCUT2D eigenvalue weighted by Crippen LogP contribution is 2.45. The van der Waals surface area contributed by atoms with Crippen molar-refractivity contribution in [3.05, 3.63) is 0 Å². The van der Waals surface area contributed by atoms with Gasteiger partial charge in [-0.15, -0.1) is 0 Å². The van der Waals surface area contributed by atoms with E-state index in [1.807, 2.05) is 0 Å². The first-order chi connectivity index (χ1) is 17.2. The zero-order chi connectivity index (χ0) is 28.0. The number of carbonyl (C=O) groups is 4. The van der Waals surface area contributed by atoms with E-state index >= 15 is 0 Å². The molecule has 0 aromatic rings. The maximum absolute atomic E-state index is 13.1. The molecule has 0 amide bonds. The lowest BCUT2D eigenvalue weighted by atomic mass is 9.96. The van der Waals surface area contributed by atoms with Crippen molar-refractivity contribution in [2.24, 2.45) is 11.8 Å². The van der Waals surface area contributed by atoms with Gasteiger partial charge < -0.3 is 20.0 Å². The summed E-state index contributed by atoms with van der Waals surface area (Å²) in [5.74, 6) is -4.71. The number of ether oxygens (including phenoxy) is 2. The molecular weight excluding hydrogens is 567 g/mol. The molecule has 5 atom stereocenters. The number of fused-ring (bicyclic) bond motifs is 2. The second-order valence-electron chi connectivity index (χ2n) is 8.24. The maximum Gasteiger partial charge on any atom is 0.415 e. The van der Waals surface area contributed by atoms with Gasteiger partial charge in [0, 0.05) is 18.3 Å². The molecular formula is C18H19F5O12S2-2. The van der Waals surface area contributed by atoms with Gasteiger partial charge >= 0.3 is 23.4 Å². The molecule has 19 heteroatoms. The lowest BCUT2D eigenvalue weighted by Gasteiger charge is -2.28. The molecule has 5 unspecified atom stereocenters. The molecule has 3 aliphatic rings. The van der Waals surface area contributed by atoms with Gasteiger partial charge in [-0.3, -0.25) is 24.5 Å². The van der Waals surface area contributed by atoms with Crippen LogP contribution in [0.2, 0.25) is 0 Å². The van der Waals surface area contributed by atoms with Crippen molar-refractivity contribution in [3.63, 3.8) is 0 Å². The molecule has 0 aromatic heterocycles. The zero-order valence-corrected chi connectivity index (χ0v) is 20.3. The summed E-state index contributed by atoms with van der Waals surface area (Å²) in [6.45, 7) is 0.471. The van der Waals surface area contributed by atoms with Crippen LogP contribution in [0.25, 0.3) is 0 Å². The monoisotopic (exact) mass is 586 g/mol. The average molecular weight is 586 g/mol. The number of hydrogen-bond donors (Lipinski definition) is 0. The summed E-state index contributed by atoms with van der Waals surface area (Å²) >= 11 is -1.28. The third-order valence-corrected chi connectivity index (χ3v) is 7.23. The van der Waals surface area contributed by atoms with Crippen LogP contribution in [0.1, 0.15) is 45.4 Å². The number of Topliss-reactive ketones (excluding diaryl/α,β-unsaturated/α-hetero) is 2. The van der Waals surface area contributed by atoms with E-state index in [9.17, 15) is 51.6 Å². The summed E-state index contributed by atoms with van der Waals surface area (Å²) in [5.41, 5.74) is 0. The van der Waals surface area contributed by atoms with Crippen LogP contribution in [0, 0.1) is 11.8 Å². The first-order valence-corrected chi connectivity index (χ1v) is 11.9. The minimum absolute atomic E-state index is 0.161. The Hall–Kier alpha value is -1.61. The van der Waals surface area contributed by atoms with E-state index in [0.29, 0.717) is 26.2 Å². The fourth-order valence-corrected chi connectivity index (χ4v) is 4.48. The van der Waals surface area contributed by atoms with Gasteiger partial charge in [0.25, 0.3) is 0 Å². The molecule has 0 spiro atoms.